The van der Waals surface area contributed by atoms with Gasteiger partial charge in [-0.3, -0.25) is 4.79 Å². The summed E-state index contributed by atoms with van der Waals surface area (Å²) in [6, 6.07) is 0.362. The molecule has 3 rings (SSSR count). The molecule has 2 aliphatic rings. The number of carbonyl (C=O) groups excluding carboxylic acids is 1. The first-order valence-electron chi connectivity index (χ1n) is 9.24. The van der Waals surface area contributed by atoms with Crippen molar-refractivity contribution in [2.24, 2.45) is 0 Å². The summed E-state index contributed by atoms with van der Waals surface area (Å²) in [5.41, 5.74) is -0.272. The molecule has 0 spiro atoms. The molecule has 6 atom stereocenters. The van der Waals surface area contributed by atoms with Crippen LogP contribution in [0, 0.1) is 11.6 Å². The second-order valence-corrected chi connectivity index (χ2v) is 7.06. The third-order valence-corrected chi connectivity index (χ3v) is 5.03. The van der Waals surface area contributed by atoms with Crippen molar-refractivity contribution < 1.29 is 48.2 Å². The van der Waals surface area contributed by atoms with Gasteiger partial charge in [0, 0.05) is 17.2 Å². The number of fused-ring (bicyclic) bond motifs is 1. The van der Waals surface area contributed by atoms with Crippen molar-refractivity contribution in [2.75, 3.05) is 20.0 Å². The van der Waals surface area contributed by atoms with Crippen LogP contribution in [0.5, 0.6) is 5.75 Å². The normalized spacial score (nSPS) is 31.4. The number of amides is 1. The summed E-state index contributed by atoms with van der Waals surface area (Å²) in [4.78, 5) is 12.5. The molecule has 9 nitrogen and oxygen atoms in total. The highest BCUT2D eigenvalue weighted by atomic mass is 19.1. The van der Waals surface area contributed by atoms with Crippen molar-refractivity contribution in [1.82, 2.24) is 5.32 Å². The van der Waals surface area contributed by atoms with Crippen LogP contribution in [0.25, 0.3) is 6.08 Å². The Hall–Kier alpha value is -2.15. The zero-order valence-corrected chi connectivity index (χ0v) is 16.0. The Kier molecular flexibility index (Phi) is 7.01. The van der Waals surface area contributed by atoms with Crippen molar-refractivity contribution in [3.63, 3.8) is 0 Å². The maximum atomic E-state index is 14.2. The molecule has 11 heteroatoms. The molecule has 1 amide bonds. The smallest absolute Gasteiger partial charge is 0.247 e. The number of hydrogen-bond donors (Lipinski definition) is 5. The molecule has 5 N–H and O–H groups in total. The van der Waals surface area contributed by atoms with Gasteiger partial charge in [0.1, 0.15) is 49.7 Å². The van der Waals surface area contributed by atoms with E-state index in [2.05, 4.69) is 5.32 Å². The Labute approximate surface area is 170 Å². The zero-order valence-electron chi connectivity index (χ0n) is 16.0. The Morgan fingerprint density at radius 1 is 1.17 bits per heavy atom. The molecule has 1 aromatic carbocycles. The van der Waals surface area contributed by atoms with Crippen LogP contribution in [0.4, 0.5) is 8.78 Å². The van der Waals surface area contributed by atoms with Gasteiger partial charge in [-0.1, -0.05) is 0 Å². The number of halogens is 2. The molecule has 1 heterocycles. The number of rotatable bonds is 6. The van der Waals surface area contributed by atoms with Crippen LogP contribution >= 0.6 is 0 Å². The molecule has 0 radical (unpaired) electrons. The van der Waals surface area contributed by atoms with E-state index in [0.717, 1.165) is 18.2 Å². The predicted octanol–water partition coefficient (Wildman–Crippen LogP) is -0.938. The van der Waals surface area contributed by atoms with Crippen molar-refractivity contribution in [3.8, 4) is 5.75 Å². The zero-order chi connectivity index (χ0) is 22.0. The van der Waals surface area contributed by atoms with Gasteiger partial charge in [-0.15, -0.1) is 0 Å². The molecule has 0 bridgehead atoms. The minimum Gasteiger partial charge on any atom is -0.488 e. The van der Waals surface area contributed by atoms with Gasteiger partial charge in [0.25, 0.3) is 0 Å². The number of hydrogen-bond acceptors (Lipinski definition) is 8. The summed E-state index contributed by atoms with van der Waals surface area (Å²) in [6.07, 6.45) is -5.06. The van der Waals surface area contributed by atoms with E-state index in [1.807, 2.05) is 0 Å². The number of aliphatic hydroxyl groups is 4. The number of benzene rings is 1. The van der Waals surface area contributed by atoms with E-state index in [9.17, 15) is 28.9 Å². The van der Waals surface area contributed by atoms with Crippen LogP contribution in [0.15, 0.2) is 17.7 Å². The van der Waals surface area contributed by atoms with E-state index in [-0.39, 0.29) is 36.9 Å². The van der Waals surface area contributed by atoms with Crippen molar-refractivity contribution in [2.45, 2.75) is 43.5 Å². The Morgan fingerprint density at radius 2 is 1.83 bits per heavy atom. The minimum atomic E-state index is -1.53. The third-order valence-electron chi connectivity index (χ3n) is 5.03. The van der Waals surface area contributed by atoms with E-state index in [1.54, 1.807) is 0 Å². The number of ether oxygens (including phenoxy) is 3. The molecule has 2 fully saturated rings. The molecule has 0 unspecified atom stereocenters. The van der Waals surface area contributed by atoms with Gasteiger partial charge in [0.05, 0.1) is 12.6 Å². The summed E-state index contributed by atoms with van der Waals surface area (Å²) in [5.74, 6) is -2.89. The lowest BCUT2D eigenvalue weighted by Gasteiger charge is -2.41. The van der Waals surface area contributed by atoms with Gasteiger partial charge >= 0.3 is 0 Å². The van der Waals surface area contributed by atoms with Gasteiger partial charge in [-0.25, -0.2) is 8.78 Å². The lowest BCUT2D eigenvalue weighted by molar-refractivity contribution is -0.155. The van der Waals surface area contributed by atoms with Crippen LogP contribution in [0.3, 0.4) is 0 Å². The van der Waals surface area contributed by atoms with Gasteiger partial charge in [-0.2, -0.15) is 0 Å². The Balaban J connectivity index is 1.74. The van der Waals surface area contributed by atoms with E-state index >= 15 is 0 Å². The highest BCUT2D eigenvalue weighted by Crippen LogP contribution is 2.30. The monoisotopic (exact) mass is 431 g/mol. The fourth-order valence-corrected chi connectivity index (χ4v) is 3.44. The minimum absolute atomic E-state index is 0.0445. The van der Waals surface area contributed by atoms with Crippen molar-refractivity contribution in [3.05, 3.63) is 34.9 Å². The standard InChI is InChI=1S/C19H23F2NO8/c1-8(4-9-5-11(21)12(6-10(9)20)28-3-2-23)19(27)22-13-14(24)16(26)18-17(15(13)25)29-7-30-18/h4-6,13-18,23-26H,2-3,7H2,1H3,(H,22,27)/b8-4+/t13-,14+,15-,16-,17+,18-/m1/s1. The van der Waals surface area contributed by atoms with Crippen LogP contribution in [-0.4, -0.2) is 82.9 Å². The summed E-state index contributed by atoms with van der Waals surface area (Å²) in [7, 11) is 0. The Bertz CT molecular complexity index is 820. The second-order valence-electron chi connectivity index (χ2n) is 7.06. The maximum Gasteiger partial charge on any atom is 0.247 e. The summed E-state index contributed by atoms with van der Waals surface area (Å²) < 4.78 is 43.5. The topological polar surface area (TPSA) is 138 Å². The molecule has 1 aliphatic carbocycles. The van der Waals surface area contributed by atoms with E-state index < -0.39 is 54.1 Å². The number of aliphatic hydroxyl groups excluding tert-OH is 4. The summed E-state index contributed by atoms with van der Waals surface area (Å²) in [6.45, 7) is 0.591. The SMILES string of the molecule is C/C(=C\c1cc(F)c(OCCO)cc1F)C(=O)N[C@@H]1[C@H](O)[C@@H](O)[C@H]2OCO[C@H]2[C@@H]1O. The Morgan fingerprint density at radius 3 is 2.50 bits per heavy atom. The molecule has 166 valence electrons. The molecule has 1 saturated carbocycles. The lowest BCUT2D eigenvalue weighted by Crippen LogP contribution is -2.67. The molecule has 1 aliphatic heterocycles. The average Bonchev–Trinajstić information content (AvgIpc) is 3.21. The van der Waals surface area contributed by atoms with E-state index in [1.165, 1.54) is 6.92 Å². The average molecular weight is 431 g/mol. The highest BCUT2D eigenvalue weighted by Gasteiger charge is 2.53. The predicted molar refractivity (Wildman–Crippen MR) is 97.2 cm³/mol. The quantitative estimate of drug-likeness (QED) is 0.364. The first-order valence-corrected chi connectivity index (χ1v) is 9.24. The van der Waals surface area contributed by atoms with Crippen LogP contribution in [0.2, 0.25) is 0 Å². The van der Waals surface area contributed by atoms with Crippen molar-refractivity contribution in [1.29, 1.82) is 0 Å². The fraction of sp³-hybridized carbons (Fsp3) is 0.526. The first-order chi connectivity index (χ1) is 14.2. The molecule has 30 heavy (non-hydrogen) atoms. The van der Waals surface area contributed by atoms with Gasteiger partial charge in [0.15, 0.2) is 11.6 Å². The van der Waals surface area contributed by atoms with E-state index in [0.29, 0.717) is 0 Å². The lowest BCUT2D eigenvalue weighted by atomic mass is 9.83. The summed E-state index contributed by atoms with van der Waals surface area (Å²) in [5, 5.41) is 41.8. The van der Waals surface area contributed by atoms with Gasteiger partial charge < -0.3 is 40.0 Å². The molecule has 0 aromatic heterocycles. The number of carbonyl (C=O) groups is 1. The van der Waals surface area contributed by atoms with Gasteiger partial charge in [-0.05, 0) is 19.1 Å². The second kappa shape index (κ2) is 9.33. The molecular weight excluding hydrogens is 408 g/mol. The van der Waals surface area contributed by atoms with E-state index in [4.69, 9.17) is 19.3 Å². The number of nitrogens with one attached hydrogen (secondary N) is 1. The van der Waals surface area contributed by atoms with Crippen LogP contribution in [-0.2, 0) is 14.3 Å². The summed E-state index contributed by atoms with van der Waals surface area (Å²) >= 11 is 0. The molecule has 1 aromatic rings. The van der Waals surface area contributed by atoms with Crippen LogP contribution < -0.4 is 10.1 Å². The van der Waals surface area contributed by atoms with Gasteiger partial charge in [0.2, 0.25) is 5.91 Å². The highest BCUT2D eigenvalue weighted by molar-refractivity contribution is 5.97. The maximum absolute atomic E-state index is 14.2. The third kappa shape index (κ3) is 4.46. The fourth-order valence-electron chi connectivity index (χ4n) is 3.44. The van der Waals surface area contributed by atoms with Crippen molar-refractivity contribution >= 4 is 12.0 Å². The molecule has 1 saturated heterocycles. The first kappa shape index (κ1) is 22.5. The van der Waals surface area contributed by atoms with Crippen LogP contribution in [0.1, 0.15) is 12.5 Å². The largest absolute Gasteiger partial charge is 0.488 e. The molecular formula is C19H23F2NO8.